The first-order valence-electron chi connectivity index (χ1n) is 4.32. The predicted octanol–water partition coefficient (Wildman–Crippen LogP) is 2.64. The summed E-state index contributed by atoms with van der Waals surface area (Å²) in [4.78, 5) is 21.5. The highest BCUT2D eigenvalue weighted by Gasteiger charge is 2.25. The summed E-state index contributed by atoms with van der Waals surface area (Å²) in [5, 5.41) is 17.8. The van der Waals surface area contributed by atoms with Crippen LogP contribution in [-0.2, 0) is 9.59 Å². The molecule has 0 fully saturated rings. The first-order valence-corrected chi connectivity index (χ1v) is 5.07. The summed E-state index contributed by atoms with van der Waals surface area (Å²) in [6, 6.07) is 4.49. The number of aliphatic carboxylic acids is 2. The third kappa shape index (κ3) is 2.87. The number of hydrogen-bond donors (Lipinski definition) is 2. The fraction of sp³-hybridized carbons (Fsp3) is 0.200. The van der Waals surface area contributed by atoms with Gasteiger partial charge in [0, 0.05) is 0 Å². The average Bonchev–Trinajstić information content (AvgIpc) is 2.18. The molecule has 16 heavy (non-hydrogen) atoms. The van der Waals surface area contributed by atoms with E-state index in [0.717, 1.165) is 0 Å². The van der Waals surface area contributed by atoms with Crippen LogP contribution in [0.3, 0.4) is 0 Å². The Bertz CT molecular complexity index is 431. The normalized spacial score (nSPS) is 12.1. The number of halogens is 2. The average molecular weight is 263 g/mol. The topological polar surface area (TPSA) is 74.6 Å². The van der Waals surface area contributed by atoms with E-state index in [0.29, 0.717) is 0 Å². The number of hydrogen-bond acceptors (Lipinski definition) is 2. The lowest BCUT2D eigenvalue weighted by molar-refractivity contribution is -0.145. The molecule has 0 radical (unpaired) electrons. The van der Waals surface area contributed by atoms with Crippen LogP contribution in [0.1, 0.15) is 17.9 Å². The summed E-state index contributed by atoms with van der Waals surface area (Å²) in [5.74, 6) is -3.64. The summed E-state index contributed by atoms with van der Waals surface area (Å²) in [6.45, 7) is 0. The highest BCUT2D eigenvalue weighted by atomic mass is 35.5. The van der Waals surface area contributed by atoms with Crippen molar-refractivity contribution in [3.05, 3.63) is 33.8 Å². The SMILES string of the molecule is O=C(O)CC(C(=O)O)c1cccc(Cl)c1Cl. The van der Waals surface area contributed by atoms with Crippen molar-refractivity contribution in [3.8, 4) is 0 Å². The molecule has 1 atom stereocenters. The summed E-state index contributed by atoms with van der Waals surface area (Å²) < 4.78 is 0. The summed E-state index contributed by atoms with van der Waals surface area (Å²) in [5.41, 5.74) is 0.212. The Morgan fingerprint density at radius 2 is 1.88 bits per heavy atom. The number of carboxylic acid groups (broad SMARTS) is 2. The largest absolute Gasteiger partial charge is 0.481 e. The van der Waals surface area contributed by atoms with Crippen molar-refractivity contribution in [2.75, 3.05) is 0 Å². The Kier molecular flexibility index (Phi) is 4.15. The minimum absolute atomic E-state index is 0.0813. The van der Waals surface area contributed by atoms with Gasteiger partial charge in [0.05, 0.1) is 22.4 Å². The van der Waals surface area contributed by atoms with Crippen LogP contribution in [0.4, 0.5) is 0 Å². The van der Waals surface area contributed by atoms with Gasteiger partial charge in [0.15, 0.2) is 0 Å². The highest BCUT2D eigenvalue weighted by Crippen LogP contribution is 2.32. The van der Waals surface area contributed by atoms with E-state index < -0.39 is 24.3 Å². The smallest absolute Gasteiger partial charge is 0.311 e. The number of carbonyl (C=O) groups is 2. The van der Waals surface area contributed by atoms with Crippen LogP contribution >= 0.6 is 23.2 Å². The maximum absolute atomic E-state index is 10.9. The van der Waals surface area contributed by atoms with Crippen LogP contribution in [-0.4, -0.2) is 22.2 Å². The zero-order valence-corrected chi connectivity index (χ0v) is 9.50. The van der Waals surface area contributed by atoms with Gasteiger partial charge in [-0.25, -0.2) is 0 Å². The lowest BCUT2D eigenvalue weighted by Crippen LogP contribution is -2.16. The molecule has 0 spiro atoms. The molecule has 1 rings (SSSR count). The van der Waals surface area contributed by atoms with Crippen molar-refractivity contribution < 1.29 is 19.8 Å². The van der Waals surface area contributed by atoms with Crippen LogP contribution in [0, 0.1) is 0 Å². The number of rotatable bonds is 4. The molecule has 6 heteroatoms. The van der Waals surface area contributed by atoms with Gasteiger partial charge in [-0.05, 0) is 11.6 Å². The minimum Gasteiger partial charge on any atom is -0.481 e. The second-order valence-corrected chi connectivity index (χ2v) is 3.92. The molecule has 0 aliphatic heterocycles. The quantitative estimate of drug-likeness (QED) is 0.875. The molecule has 0 heterocycles. The third-order valence-corrected chi connectivity index (χ3v) is 2.87. The second kappa shape index (κ2) is 5.18. The van der Waals surface area contributed by atoms with Gasteiger partial charge in [-0.2, -0.15) is 0 Å². The van der Waals surface area contributed by atoms with E-state index in [1.807, 2.05) is 0 Å². The Hall–Kier alpha value is -1.26. The molecule has 0 aromatic heterocycles. The lowest BCUT2D eigenvalue weighted by atomic mass is 9.96. The molecule has 0 bridgehead atoms. The second-order valence-electron chi connectivity index (χ2n) is 3.13. The molecule has 86 valence electrons. The van der Waals surface area contributed by atoms with Gasteiger partial charge in [0.2, 0.25) is 0 Å². The van der Waals surface area contributed by atoms with E-state index in [4.69, 9.17) is 33.4 Å². The molecule has 1 aromatic rings. The standard InChI is InChI=1S/C10H8Cl2O4/c11-7-3-1-2-5(9(7)12)6(10(15)16)4-8(13)14/h1-3,6H,4H2,(H,13,14)(H,15,16). The van der Waals surface area contributed by atoms with E-state index in [1.54, 1.807) is 0 Å². The maximum atomic E-state index is 10.9. The molecule has 0 amide bonds. The first kappa shape index (κ1) is 12.8. The highest BCUT2D eigenvalue weighted by molar-refractivity contribution is 6.42. The Balaban J connectivity index is 3.16. The lowest BCUT2D eigenvalue weighted by Gasteiger charge is -2.12. The van der Waals surface area contributed by atoms with Gasteiger partial charge in [0.25, 0.3) is 0 Å². The molecule has 0 saturated heterocycles. The molecule has 0 aliphatic carbocycles. The van der Waals surface area contributed by atoms with Crippen LogP contribution in [0.2, 0.25) is 10.0 Å². The van der Waals surface area contributed by atoms with Gasteiger partial charge >= 0.3 is 11.9 Å². The maximum Gasteiger partial charge on any atom is 0.311 e. The predicted molar refractivity (Wildman–Crippen MR) is 59.1 cm³/mol. The van der Waals surface area contributed by atoms with Gasteiger partial charge in [-0.3, -0.25) is 9.59 Å². The summed E-state index contributed by atoms with van der Waals surface area (Å²) in [7, 11) is 0. The molecule has 0 saturated carbocycles. The van der Waals surface area contributed by atoms with E-state index in [-0.39, 0.29) is 15.6 Å². The van der Waals surface area contributed by atoms with Crippen LogP contribution < -0.4 is 0 Å². The fourth-order valence-corrected chi connectivity index (χ4v) is 1.73. The van der Waals surface area contributed by atoms with E-state index >= 15 is 0 Å². The van der Waals surface area contributed by atoms with Crippen LogP contribution in [0.25, 0.3) is 0 Å². The van der Waals surface area contributed by atoms with E-state index in [9.17, 15) is 9.59 Å². The van der Waals surface area contributed by atoms with Gasteiger partial charge in [-0.15, -0.1) is 0 Å². The van der Waals surface area contributed by atoms with Crippen molar-refractivity contribution in [2.24, 2.45) is 0 Å². The van der Waals surface area contributed by atoms with E-state index in [1.165, 1.54) is 18.2 Å². The van der Waals surface area contributed by atoms with Crippen molar-refractivity contribution in [3.63, 3.8) is 0 Å². The Morgan fingerprint density at radius 1 is 1.25 bits per heavy atom. The van der Waals surface area contributed by atoms with Crippen molar-refractivity contribution >= 4 is 35.1 Å². The van der Waals surface area contributed by atoms with Crippen molar-refractivity contribution in [1.29, 1.82) is 0 Å². The summed E-state index contributed by atoms with van der Waals surface area (Å²) in [6.07, 6.45) is -0.532. The van der Waals surface area contributed by atoms with Gasteiger partial charge in [0.1, 0.15) is 0 Å². The molecule has 1 aromatic carbocycles. The van der Waals surface area contributed by atoms with Crippen LogP contribution in [0.5, 0.6) is 0 Å². The summed E-state index contributed by atoms with van der Waals surface area (Å²) >= 11 is 11.6. The molecule has 1 unspecified atom stereocenters. The molecule has 0 aliphatic rings. The molecule has 4 nitrogen and oxygen atoms in total. The third-order valence-electron chi connectivity index (χ3n) is 2.03. The fourth-order valence-electron chi connectivity index (χ4n) is 1.29. The number of carboxylic acids is 2. The monoisotopic (exact) mass is 262 g/mol. The van der Waals surface area contributed by atoms with Crippen molar-refractivity contribution in [1.82, 2.24) is 0 Å². The minimum atomic E-state index is -1.24. The van der Waals surface area contributed by atoms with E-state index in [2.05, 4.69) is 0 Å². The van der Waals surface area contributed by atoms with Gasteiger partial charge < -0.3 is 10.2 Å². The number of benzene rings is 1. The van der Waals surface area contributed by atoms with Crippen LogP contribution in [0.15, 0.2) is 18.2 Å². The zero-order chi connectivity index (χ0) is 12.3. The molecular weight excluding hydrogens is 255 g/mol. The van der Waals surface area contributed by atoms with Gasteiger partial charge in [-0.1, -0.05) is 35.3 Å². The Labute approximate surface area is 101 Å². The van der Waals surface area contributed by atoms with Crippen molar-refractivity contribution in [2.45, 2.75) is 12.3 Å². The molecular formula is C10H8Cl2O4. The Morgan fingerprint density at radius 3 is 2.38 bits per heavy atom. The molecule has 2 N–H and O–H groups in total. The first-order chi connectivity index (χ1) is 7.43. The zero-order valence-electron chi connectivity index (χ0n) is 7.98.